The molecule has 21 heavy (non-hydrogen) atoms. The lowest BCUT2D eigenvalue weighted by atomic mass is 10.1. The van der Waals surface area contributed by atoms with E-state index in [4.69, 9.17) is 4.98 Å². The molecule has 0 aliphatic heterocycles. The summed E-state index contributed by atoms with van der Waals surface area (Å²) in [6.07, 6.45) is 1.14. The van der Waals surface area contributed by atoms with Gasteiger partial charge >= 0.3 is 0 Å². The summed E-state index contributed by atoms with van der Waals surface area (Å²) in [6.45, 7) is 9.09. The predicted molar refractivity (Wildman–Crippen MR) is 89.9 cm³/mol. The van der Waals surface area contributed by atoms with E-state index in [1.807, 2.05) is 5.51 Å². The normalized spacial score (nSPS) is 10.9. The monoisotopic (exact) mass is 304 g/mol. The highest BCUT2D eigenvalue weighted by Gasteiger charge is 2.13. The Kier molecular flexibility index (Phi) is 5.70. The number of nitrogens with one attached hydrogen (secondary N) is 1. The maximum Gasteiger partial charge on any atom is 0.133 e. The number of hydrogen-bond donors (Lipinski definition) is 1. The highest BCUT2D eigenvalue weighted by Crippen LogP contribution is 2.23. The summed E-state index contributed by atoms with van der Waals surface area (Å²) in [5.74, 6) is 1.06. The Morgan fingerprint density at radius 2 is 2.14 bits per heavy atom. The standard InChI is InChI=1S/C16H24N4S/c1-5-6-17-8-15-12(2)7-13(3)19-16(15)20(4)9-14-10-21-11-18-14/h7,10-11,17H,5-6,8-9H2,1-4H3. The van der Waals surface area contributed by atoms with E-state index in [-0.39, 0.29) is 0 Å². The van der Waals surface area contributed by atoms with Gasteiger partial charge < -0.3 is 10.2 Å². The molecular weight excluding hydrogens is 280 g/mol. The molecule has 2 heterocycles. The molecule has 1 N–H and O–H groups in total. The van der Waals surface area contributed by atoms with Crippen molar-refractivity contribution in [2.45, 2.75) is 40.3 Å². The van der Waals surface area contributed by atoms with Crippen LogP contribution in [0.3, 0.4) is 0 Å². The fraction of sp³-hybridized carbons (Fsp3) is 0.500. The number of thiazole rings is 1. The Balaban J connectivity index is 2.22. The Hall–Kier alpha value is -1.46. The first kappa shape index (κ1) is 15.9. The number of rotatable bonds is 7. The van der Waals surface area contributed by atoms with Gasteiger partial charge in [0.05, 0.1) is 17.7 Å². The van der Waals surface area contributed by atoms with Gasteiger partial charge in [-0.05, 0) is 38.4 Å². The zero-order valence-corrected chi connectivity index (χ0v) is 14.1. The van der Waals surface area contributed by atoms with E-state index in [9.17, 15) is 0 Å². The molecule has 0 saturated carbocycles. The first-order valence-electron chi connectivity index (χ1n) is 7.37. The van der Waals surface area contributed by atoms with Gasteiger partial charge in [-0.1, -0.05) is 6.92 Å². The average molecular weight is 304 g/mol. The van der Waals surface area contributed by atoms with Crippen molar-refractivity contribution in [3.8, 4) is 0 Å². The Labute approximate surface area is 131 Å². The minimum atomic E-state index is 0.792. The SMILES string of the molecule is CCCNCc1c(C)cc(C)nc1N(C)Cc1cscn1. The predicted octanol–water partition coefficient (Wildman–Crippen LogP) is 3.29. The van der Waals surface area contributed by atoms with E-state index in [0.29, 0.717) is 0 Å². The summed E-state index contributed by atoms with van der Waals surface area (Å²) in [5.41, 5.74) is 6.61. The third-order valence-corrected chi connectivity index (χ3v) is 4.06. The molecular formula is C16H24N4S. The van der Waals surface area contributed by atoms with E-state index < -0.39 is 0 Å². The van der Waals surface area contributed by atoms with E-state index in [0.717, 1.165) is 43.3 Å². The molecule has 0 aliphatic rings. The molecule has 114 valence electrons. The highest BCUT2D eigenvalue weighted by molar-refractivity contribution is 7.07. The van der Waals surface area contributed by atoms with E-state index in [1.165, 1.54) is 11.1 Å². The van der Waals surface area contributed by atoms with Crippen LogP contribution >= 0.6 is 11.3 Å². The lowest BCUT2D eigenvalue weighted by molar-refractivity contribution is 0.668. The number of nitrogens with zero attached hydrogens (tertiary/aromatic N) is 3. The maximum absolute atomic E-state index is 4.75. The third-order valence-electron chi connectivity index (χ3n) is 3.43. The second kappa shape index (κ2) is 7.52. The van der Waals surface area contributed by atoms with Gasteiger partial charge in [0.2, 0.25) is 0 Å². The smallest absolute Gasteiger partial charge is 0.133 e. The fourth-order valence-electron chi connectivity index (χ4n) is 2.40. The van der Waals surface area contributed by atoms with Crippen LogP contribution in [-0.4, -0.2) is 23.6 Å². The largest absolute Gasteiger partial charge is 0.353 e. The van der Waals surface area contributed by atoms with E-state index in [2.05, 4.69) is 54.5 Å². The van der Waals surface area contributed by atoms with Crippen molar-refractivity contribution in [2.75, 3.05) is 18.5 Å². The van der Waals surface area contributed by atoms with Crippen LogP contribution in [0.5, 0.6) is 0 Å². The molecule has 5 heteroatoms. The first-order valence-corrected chi connectivity index (χ1v) is 8.32. The fourth-order valence-corrected chi connectivity index (χ4v) is 2.95. The van der Waals surface area contributed by atoms with Gasteiger partial charge in [0.15, 0.2) is 0 Å². The molecule has 0 unspecified atom stereocenters. The summed E-state index contributed by atoms with van der Waals surface area (Å²) in [6, 6.07) is 2.16. The van der Waals surface area contributed by atoms with Crippen LogP contribution in [0.2, 0.25) is 0 Å². The van der Waals surface area contributed by atoms with Gasteiger partial charge in [0.25, 0.3) is 0 Å². The van der Waals surface area contributed by atoms with Gasteiger partial charge in [-0.25, -0.2) is 9.97 Å². The third kappa shape index (κ3) is 4.25. The second-order valence-electron chi connectivity index (χ2n) is 5.40. The summed E-state index contributed by atoms with van der Waals surface area (Å²) in [4.78, 5) is 11.3. The average Bonchev–Trinajstić information content (AvgIpc) is 2.93. The Morgan fingerprint density at radius 1 is 1.33 bits per heavy atom. The Morgan fingerprint density at radius 3 is 2.81 bits per heavy atom. The quantitative estimate of drug-likeness (QED) is 0.797. The molecule has 2 rings (SSSR count). The molecule has 0 bridgehead atoms. The first-order chi connectivity index (χ1) is 10.1. The summed E-state index contributed by atoms with van der Waals surface area (Å²) >= 11 is 1.63. The van der Waals surface area contributed by atoms with Gasteiger partial charge in [-0.3, -0.25) is 0 Å². The lowest BCUT2D eigenvalue weighted by Gasteiger charge is -2.23. The highest BCUT2D eigenvalue weighted by atomic mass is 32.1. The van der Waals surface area contributed by atoms with Gasteiger partial charge in [-0.2, -0.15) is 0 Å². The van der Waals surface area contributed by atoms with Crippen molar-refractivity contribution >= 4 is 17.2 Å². The Bertz CT molecular complexity index is 566. The van der Waals surface area contributed by atoms with Crippen LogP contribution in [0.4, 0.5) is 5.82 Å². The topological polar surface area (TPSA) is 41.1 Å². The van der Waals surface area contributed by atoms with E-state index >= 15 is 0 Å². The summed E-state index contributed by atoms with van der Waals surface area (Å²) in [7, 11) is 2.09. The number of anilines is 1. The minimum absolute atomic E-state index is 0.792. The van der Waals surface area contributed by atoms with Crippen LogP contribution in [0.15, 0.2) is 17.0 Å². The van der Waals surface area contributed by atoms with Crippen LogP contribution in [0, 0.1) is 13.8 Å². The number of hydrogen-bond acceptors (Lipinski definition) is 5. The summed E-state index contributed by atoms with van der Waals surface area (Å²) < 4.78 is 0. The van der Waals surface area contributed by atoms with E-state index in [1.54, 1.807) is 11.3 Å². The van der Waals surface area contributed by atoms with Crippen molar-refractivity contribution < 1.29 is 0 Å². The molecule has 0 aliphatic carbocycles. The number of pyridine rings is 1. The van der Waals surface area contributed by atoms with Crippen molar-refractivity contribution in [2.24, 2.45) is 0 Å². The maximum atomic E-state index is 4.75. The molecule has 0 aromatic carbocycles. The van der Waals surface area contributed by atoms with Gasteiger partial charge in [0, 0.05) is 30.2 Å². The number of aromatic nitrogens is 2. The van der Waals surface area contributed by atoms with Crippen molar-refractivity contribution in [1.29, 1.82) is 0 Å². The van der Waals surface area contributed by atoms with Crippen LogP contribution in [0.25, 0.3) is 0 Å². The molecule has 2 aromatic rings. The zero-order valence-electron chi connectivity index (χ0n) is 13.3. The van der Waals surface area contributed by atoms with Crippen LogP contribution in [-0.2, 0) is 13.1 Å². The summed E-state index contributed by atoms with van der Waals surface area (Å²) in [5, 5.41) is 5.58. The lowest BCUT2D eigenvalue weighted by Crippen LogP contribution is -2.23. The van der Waals surface area contributed by atoms with Crippen molar-refractivity contribution in [3.05, 3.63) is 39.5 Å². The molecule has 0 amide bonds. The molecule has 4 nitrogen and oxygen atoms in total. The van der Waals surface area contributed by atoms with Crippen molar-refractivity contribution in [1.82, 2.24) is 15.3 Å². The van der Waals surface area contributed by atoms with Crippen LogP contribution < -0.4 is 10.2 Å². The molecule has 0 spiro atoms. The number of aryl methyl sites for hydroxylation is 2. The van der Waals surface area contributed by atoms with Crippen molar-refractivity contribution in [3.63, 3.8) is 0 Å². The zero-order chi connectivity index (χ0) is 15.2. The molecule has 0 fully saturated rings. The molecule has 2 aromatic heterocycles. The molecule has 0 radical (unpaired) electrons. The minimum Gasteiger partial charge on any atom is -0.353 e. The molecule has 0 atom stereocenters. The van der Waals surface area contributed by atoms with Crippen LogP contribution in [0.1, 0.15) is 35.9 Å². The van der Waals surface area contributed by atoms with Gasteiger partial charge in [-0.15, -0.1) is 11.3 Å². The van der Waals surface area contributed by atoms with Gasteiger partial charge in [0.1, 0.15) is 5.82 Å². The molecule has 0 saturated heterocycles. The second-order valence-corrected chi connectivity index (χ2v) is 6.11.